The predicted octanol–water partition coefficient (Wildman–Crippen LogP) is 0.363. The second-order valence-corrected chi connectivity index (χ2v) is 4.03. The molecule has 0 amide bonds. The van der Waals surface area contributed by atoms with Gasteiger partial charge in [0.2, 0.25) is 0 Å². The standard InChI is InChI=1S/C9H20N2O/c1-9(2,12-3)7-11-8-4-5-10-6-8/h8,10-11H,4-7H2,1-3H3. The number of hydrogen-bond donors (Lipinski definition) is 2. The van der Waals surface area contributed by atoms with Crippen LogP contribution in [0.4, 0.5) is 0 Å². The van der Waals surface area contributed by atoms with E-state index in [1.54, 1.807) is 7.11 Å². The molecule has 2 N–H and O–H groups in total. The fourth-order valence-corrected chi connectivity index (χ4v) is 1.29. The van der Waals surface area contributed by atoms with Crippen molar-refractivity contribution in [3.63, 3.8) is 0 Å². The van der Waals surface area contributed by atoms with Crippen molar-refractivity contribution < 1.29 is 4.74 Å². The van der Waals surface area contributed by atoms with Crippen molar-refractivity contribution in [3.8, 4) is 0 Å². The highest BCUT2D eigenvalue weighted by Crippen LogP contribution is 2.06. The molecule has 0 radical (unpaired) electrons. The monoisotopic (exact) mass is 172 g/mol. The molecule has 0 saturated carbocycles. The number of ether oxygens (including phenoxy) is 1. The molecule has 0 aromatic carbocycles. The minimum absolute atomic E-state index is 0.0391. The average Bonchev–Trinajstić information content (AvgIpc) is 2.53. The second-order valence-electron chi connectivity index (χ2n) is 4.03. The van der Waals surface area contributed by atoms with Crippen LogP contribution in [-0.4, -0.2) is 38.4 Å². The van der Waals surface area contributed by atoms with Crippen LogP contribution >= 0.6 is 0 Å². The van der Waals surface area contributed by atoms with Gasteiger partial charge < -0.3 is 15.4 Å². The fourth-order valence-electron chi connectivity index (χ4n) is 1.29. The Labute approximate surface area is 74.9 Å². The third kappa shape index (κ3) is 3.09. The summed E-state index contributed by atoms with van der Waals surface area (Å²) in [4.78, 5) is 0. The Morgan fingerprint density at radius 3 is 2.83 bits per heavy atom. The van der Waals surface area contributed by atoms with E-state index in [-0.39, 0.29) is 5.60 Å². The van der Waals surface area contributed by atoms with E-state index in [1.807, 2.05) is 0 Å². The maximum absolute atomic E-state index is 5.31. The number of nitrogens with one attached hydrogen (secondary N) is 2. The van der Waals surface area contributed by atoms with Gasteiger partial charge in [-0.3, -0.25) is 0 Å². The van der Waals surface area contributed by atoms with E-state index in [1.165, 1.54) is 6.42 Å². The molecule has 1 aliphatic heterocycles. The third-order valence-electron chi connectivity index (χ3n) is 2.43. The molecule has 3 nitrogen and oxygen atoms in total. The molecule has 0 aromatic rings. The summed E-state index contributed by atoms with van der Waals surface area (Å²) < 4.78 is 5.31. The molecule has 1 aliphatic rings. The molecule has 1 fully saturated rings. The van der Waals surface area contributed by atoms with E-state index in [0.29, 0.717) is 6.04 Å². The zero-order chi connectivity index (χ0) is 9.03. The van der Waals surface area contributed by atoms with Crippen LogP contribution in [-0.2, 0) is 4.74 Å². The number of hydrogen-bond acceptors (Lipinski definition) is 3. The van der Waals surface area contributed by atoms with Crippen LogP contribution < -0.4 is 10.6 Å². The van der Waals surface area contributed by atoms with Gasteiger partial charge in [-0.1, -0.05) is 0 Å². The van der Waals surface area contributed by atoms with Crippen LogP contribution in [0.15, 0.2) is 0 Å². The number of rotatable bonds is 4. The molecule has 3 heteroatoms. The molecule has 0 aliphatic carbocycles. The Hall–Kier alpha value is -0.120. The van der Waals surface area contributed by atoms with Crippen LogP contribution in [0.25, 0.3) is 0 Å². The summed E-state index contributed by atoms with van der Waals surface area (Å²) in [6.45, 7) is 7.37. The van der Waals surface area contributed by atoms with E-state index >= 15 is 0 Å². The zero-order valence-electron chi connectivity index (χ0n) is 8.31. The van der Waals surface area contributed by atoms with Gasteiger partial charge >= 0.3 is 0 Å². The summed E-state index contributed by atoms with van der Waals surface area (Å²) in [5.41, 5.74) is -0.0391. The molecule has 1 rings (SSSR count). The quantitative estimate of drug-likeness (QED) is 0.642. The van der Waals surface area contributed by atoms with Gasteiger partial charge in [0.15, 0.2) is 0 Å². The van der Waals surface area contributed by atoms with Crippen molar-refractivity contribution in [3.05, 3.63) is 0 Å². The van der Waals surface area contributed by atoms with Gasteiger partial charge in [0.05, 0.1) is 5.60 Å². The van der Waals surface area contributed by atoms with Gasteiger partial charge in [-0.2, -0.15) is 0 Å². The summed E-state index contributed by atoms with van der Waals surface area (Å²) in [5.74, 6) is 0. The molecular weight excluding hydrogens is 152 g/mol. The first-order valence-corrected chi connectivity index (χ1v) is 4.63. The molecule has 0 spiro atoms. The van der Waals surface area contributed by atoms with Crippen LogP contribution in [0.3, 0.4) is 0 Å². The lowest BCUT2D eigenvalue weighted by Gasteiger charge is -2.25. The van der Waals surface area contributed by atoms with E-state index in [9.17, 15) is 0 Å². The smallest absolute Gasteiger partial charge is 0.0746 e. The van der Waals surface area contributed by atoms with Gasteiger partial charge in [0, 0.05) is 26.2 Å². The summed E-state index contributed by atoms with van der Waals surface area (Å²) >= 11 is 0. The lowest BCUT2D eigenvalue weighted by Crippen LogP contribution is -2.42. The van der Waals surface area contributed by atoms with Crippen molar-refractivity contribution in [2.45, 2.75) is 31.9 Å². The Bertz CT molecular complexity index is 130. The lowest BCUT2D eigenvalue weighted by molar-refractivity contribution is 0.0215. The molecule has 12 heavy (non-hydrogen) atoms. The van der Waals surface area contributed by atoms with Crippen LogP contribution in [0, 0.1) is 0 Å². The SMILES string of the molecule is COC(C)(C)CNC1CCNC1. The maximum atomic E-state index is 5.31. The van der Waals surface area contributed by atoms with Crippen LogP contribution in [0.1, 0.15) is 20.3 Å². The molecule has 1 heterocycles. The second kappa shape index (κ2) is 4.21. The Balaban J connectivity index is 2.15. The predicted molar refractivity (Wildman–Crippen MR) is 50.4 cm³/mol. The van der Waals surface area contributed by atoms with E-state index < -0.39 is 0 Å². The summed E-state index contributed by atoms with van der Waals surface area (Å²) in [7, 11) is 1.76. The molecule has 1 saturated heterocycles. The minimum Gasteiger partial charge on any atom is -0.377 e. The Morgan fingerprint density at radius 2 is 2.33 bits per heavy atom. The van der Waals surface area contributed by atoms with Gasteiger partial charge in [-0.15, -0.1) is 0 Å². The van der Waals surface area contributed by atoms with Crippen LogP contribution in [0.5, 0.6) is 0 Å². The first kappa shape index (κ1) is 9.96. The van der Waals surface area contributed by atoms with E-state index in [0.717, 1.165) is 19.6 Å². The van der Waals surface area contributed by atoms with Gasteiger partial charge in [-0.05, 0) is 26.8 Å². The summed E-state index contributed by atoms with van der Waals surface area (Å²) in [5, 5.41) is 6.81. The van der Waals surface area contributed by atoms with Crippen molar-refractivity contribution in [1.29, 1.82) is 0 Å². The molecule has 0 bridgehead atoms. The summed E-state index contributed by atoms with van der Waals surface area (Å²) in [6, 6.07) is 0.638. The molecular formula is C9H20N2O. The molecule has 0 aromatic heterocycles. The third-order valence-corrected chi connectivity index (χ3v) is 2.43. The molecule has 1 atom stereocenters. The number of methoxy groups -OCH3 is 1. The van der Waals surface area contributed by atoms with Crippen molar-refractivity contribution in [2.24, 2.45) is 0 Å². The van der Waals surface area contributed by atoms with Crippen molar-refractivity contribution in [2.75, 3.05) is 26.7 Å². The van der Waals surface area contributed by atoms with Crippen LogP contribution in [0.2, 0.25) is 0 Å². The Kier molecular flexibility index (Phi) is 3.50. The topological polar surface area (TPSA) is 33.3 Å². The normalized spacial score (nSPS) is 24.8. The largest absolute Gasteiger partial charge is 0.377 e. The fraction of sp³-hybridized carbons (Fsp3) is 1.00. The first-order valence-electron chi connectivity index (χ1n) is 4.63. The molecule has 72 valence electrons. The van der Waals surface area contributed by atoms with Gasteiger partial charge in [0.25, 0.3) is 0 Å². The minimum atomic E-state index is -0.0391. The highest BCUT2D eigenvalue weighted by atomic mass is 16.5. The average molecular weight is 172 g/mol. The summed E-state index contributed by atoms with van der Waals surface area (Å²) in [6.07, 6.45) is 1.24. The first-order chi connectivity index (χ1) is 5.64. The Morgan fingerprint density at radius 1 is 1.58 bits per heavy atom. The highest BCUT2D eigenvalue weighted by molar-refractivity contribution is 4.81. The zero-order valence-corrected chi connectivity index (χ0v) is 8.31. The van der Waals surface area contributed by atoms with E-state index in [4.69, 9.17) is 4.74 Å². The van der Waals surface area contributed by atoms with E-state index in [2.05, 4.69) is 24.5 Å². The van der Waals surface area contributed by atoms with Gasteiger partial charge in [-0.25, -0.2) is 0 Å². The maximum Gasteiger partial charge on any atom is 0.0746 e. The molecule has 1 unspecified atom stereocenters. The van der Waals surface area contributed by atoms with Crippen molar-refractivity contribution >= 4 is 0 Å². The van der Waals surface area contributed by atoms with Gasteiger partial charge in [0.1, 0.15) is 0 Å². The lowest BCUT2D eigenvalue weighted by atomic mass is 10.1. The van der Waals surface area contributed by atoms with Crippen molar-refractivity contribution in [1.82, 2.24) is 10.6 Å². The highest BCUT2D eigenvalue weighted by Gasteiger charge is 2.20.